The summed E-state index contributed by atoms with van der Waals surface area (Å²) in [6.07, 6.45) is 3.71. The lowest BCUT2D eigenvalue weighted by Crippen LogP contribution is -2.47. The molecule has 31 heavy (non-hydrogen) atoms. The smallest absolute Gasteiger partial charge is 0.255 e. The molecule has 0 radical (unpaired) electrons. The first-order valence-corrected chi connectivity index (χ1v) is 10.2. The summed E-state index contributed by atoms with van der Waals surface area (Å²) in [6, 6.07) is 13.9. The van der Waals surface area contributed by atoms with E-state index in [2.05, 4.69) is 20.2 Å². The number of carbonyl (C=O) groups excluding carboxylic acids is 2. The fraction of sp³-hybridized carbons (Fsp3) is 0.292. The molecule has 7 nitrogen and oxygen atoms in total. The van der Waals surface area contributed by atoms with E-state index in [4.69, 9.17) is 4.74 Å². The molecule has 1 heterocycles. The van der Waals surface area contributed by atoms with Crippen molar-refractivity contribution in [2.75, 3.05) is 12.4 Å². The van der Waals surface area contributed by atoms with Crippen LogP contribution in [0.2, 0.25) is 0 Å². The number of rotatable bonds is 8. The summed E-state index contributed by atoms with van der Waals surface area (Å²) in [6.45, 7) is 6.45. The highest BCUT2D eigenvalue weighted by Gasteiger charge is 2.26. The van der Waals surface area contributed by atoms with E-state index in [0.29, 0.717) is 23.5 Å². The number of nitrogens with one attached hydrogen (secondary N) is 2. The maximum absolute atomic E-state index is 12.9. The molecule has 7 heteroatoms. The average molecular weight is 421 g/mol. The van der Waals surface area contributed by atoms with Gasteiger partial charge in [0.1, 0.15) is 17.6 Å². The molecule has 0 spiro atoms. The molecule has 0 aliphatic carbocycles. The van der Waals surface area contributed by atoms with Gasteiger partial charge < -0.3 is 19.9 Å². The van der Waals surface area contributed by atoms with Crippen molar-refractivity contribution >= 4 is 17.5 Å². The van der Waals surface area contributed by atoms with E-state index >= 15 is 0 Å². The average Bonchev–Trinajstić information content (AvgIpc) is 3.17. The summed E-state index contributed by atoms with van der Waals surface area (Å²) in [7, 11) is 1.51. The van der Waals surface area contributed by atoms with E-state index in [1.165, 1.54) is 7.11 Å². The number of para-hydroxylation sites is 1. The SMILES string of the molecule is COc1ccccc1C(=O)NC(C(=O)Nc1ccc(Cn2ccnc2C)cc1)C(C)C. The van der Waals surface area contributed by atoms with E-state index < -0.39 is 6.04 Å². The van der Waals surface area contributed by atoms with Crippen molar-refractivity contribution in [1.82, 2.24) is 14.9 Å². The predicted molar refractivity (Wildman–Crippen MR) is 120 cm³/mol. The summed E-state index contributed by atoms with van der Waals surface area (Å²) in [4.78, 5) is 29.9. The first-order valence-electron chi connectivity index (χ1n) is 10.2. The quantitative estimate of drug-likeness (QED) is 0.583. The fourth-order valence-electron chi connectivity index (χ4n) is 3.27. The van der Waals surface area contributed by atoms with Gasteiger partial charge in [-0.25, -0.2) is 4.98 Å². The highest BCUT2D eigenvalue weighted by Crippen LogP contribution is 2.18. The fourth-order valence-corrected chi connectivity index (χ4v) is 3.27. The third-order valence-corrected chi connectivity index (χ3v) is 5.09. The number of aromatic nitrogens is 2. The number of methoxy groups -OCH3 is 1. The lowest BCUT2D eigenvalue weighted by Gasteiger charge is -2.22. The van der Waals surface area contributed by atoms with Gasteiger partial charge in [0.05, 0.1) is 12.7 Å². The van der Waals surface area contributed by atoms with Gasteiger partial charge in [0.15, 0.2) is 0 Å². The van der Waals surface area contributed by atoms with Crippen LogP contribution in [0.1, 0.15) is 35.6 Å². The second kappa shape index (κ2) is 9.93. The van der Waals surface area contributed by atoms with Gasteiger partial charge in [-0.05, 0) is 42.7 Å². The Morgan fingerprint density at radius 1 is 1.10 bits per heavy atom. The number of amides is 2. The maximum atomic E-state index is 12.9. The van der Waals surface area contributed by atoms with Crippen molar-refractivity contribution in [3.8, 4) is 5.75 Å². The first kappa shape index (κ1) is 22.1. The first-order chi connectivity index (χ1) is 14.9. The van der Waals surface area contributed by atoms with E-state index in [1.54, 1.807) is 30.5 Å². The topological polar surface area (TPSA) is 85.2 Å². The van der Waals surface area contributed by atoms with Crippen molar-refractivity contribution in [3.63, 3.8) is 0 Å². The molecule has 3 rings (SSSR count). The minimum absolute atomic E-state index is 0.0952. The van der Waals surface area contributed by atoms with Crippen molar-refractivity contribution in [1.29, 1.82) is 0 Å². The minimum atomic E-state index is -0.689. The number of nitrogens with zero attached hydrogens (tertiary/aromatic N) is 2. The van der Waals surface area contributed by atoms with E-state index in [0.717, 1.165) is 11.4 Å². The second-order valence-electron chi connectivity index (χ2n) is 7.68. The van der Waals surface area contributed by atoms with Gasteiger partial charge in [-0.1, -0.05) is 38.1 Å². The molecule has 2 N–H and O–H groups in total. The van der Waals surface area contributed by atoms with Gasteiger partial charge in [0.2, 0.25) is 5.91 Å². The summed E-state index contributed by atoms with van der Waals surface area (Å²) in [5.74, 6) is 0.700. The van der Waals surface area contributed by atoms with Crippen molar-refractivity contribution in [2.24, 2.45) is 5.92 Å². The molecule has 1 aromatic heterocycles. The second-order valence-corrected chi connectivity index (χ2v) is 7.68. The van der Waals surface area contributed by atoms with Crippen LogP contribution in [0.15, 0.2) is 60.9 Å². The Labute approximate surface area is 182 Å². The van der Waals surface area contributed by atoms with Crippen LogP contribution >= 0.6 is 0 Å². The molecule has 0 aliphatic heterocycles. The van der Waals surface area contributed by atoms with Crippen molar-refractivity contribution in [2.45, 2.75) is 33.4 Å². The Morgan fingerprint density at radius 3 is 2.42 bits per heavy atom. The van der Waals surface area contributed by atoms with Crippen molar-refractivity contribution < 1.29 is 14.3 Å². The van der Waals surface area contributed by atoms with Gasteiger partial charge in [-0.2, -0.15) is 0 Å². The van der Waals surface area contributed by atoms with Crippen LogP contribution in [-0.2, 0) is 11.3 Å². The van der Waals surface area contributed by atoms with Gasteiger partial charge in [-0.15, -0.1) is 0 Å². The van der Waals surface area contributed by atoms with Gasteiger partial charge in [0, 0.05) is 24.6 Å². The predicted octanol–water partition coefficient (Wildman–Crippen LogP) is 3.64. The van der Waals surface area contributed by atoms with Crippen LogP contribution in [0, 0.1) is 12.8 Å². The number of anilines is 1. The highest BCUT2D eigenvalue weighted by atomic mass is 16.5. The van der Waals surface area contributed by atoms with E-state index in [1.807, 2.05) is 51.2 Å². The normalized spacial score (nSPS) is 11.8. The summed E-state index contributed by atoms with van der Waals surface area (Å²) in [5.41, 5.74) is 2.17. The Hall–Kier alpha value is -3.61. The summed E-state index contributed by atoms with van der Waals surface area (Å²) >= 11 is 0. The lowest BCUT2D eigenvalue weighted by atomic mass is 10.0. The summed E-state index contributed by atoms with van der Waals surface area (Å²) < 4.78 is 7.30. The molecule has 162 valence electrons. The number of ether oxygens (including phenoxy) is 1. The molecule has 2 amide bonds. The lowest BCUT2D eigenvalue weighted by molar-refractivity contribution is -0.118. The molecule has 0 bridgehead atoms. The molecule has 0 fully saturated rings. The van der Waals surface area contributed by atoms with Crippen LogP contribution in [0.3, 0.4) is 0 Å². The molecule has 2 aromatic carbocycles. The van der Waals surface area contributed by atoms with E-state index in [9.17, 15) is 9.59 Å². The van der Waals surface area contributed by atoms with Crippen molar-refractivity contribution in [3.05, 3.63) is 77.9 Å². The summed E-state index contributed by atoms with van der Waals surface area (Å²) in [5, 5.41) is 5.74. The number of carbonyl (C=O) groups is 2. The van der Waals surface area contributed by atoms with Gasteiger partial charge >= 0.3 is 0 Å². The third kappa shape index (κ3) is 5.51. The number of hydrogen-bond acceptors (Lipinski definition) is 4. The molecule has 0 saturated heterocycles. The number of imidazole rings is 1. The molecule has 0 aliphatic rings. The zero-order valence-electron chi connectivity index (χ0n) is 18.3. The highest BCUT2D eigenvalue weighted by molar-refractivity contribution is 6.02. The number of hydrogen-bond donors (Lipinski definition) is 2. The maximum Gasteiger partial charge on any atom is 0.255 e. The van der Waals surface area contributed by atoms with Crippen LogP contribution < -0.4 is 15.4 Å². The standard InChI is InChI=1S/C24H28N4O3/c1-16(2)22(27-23(29)20-7-5-6-8-21(20)31-4)24(30)26-19-11-9-18(10-12-19)15-28-14-13-25-17(28)3/h5-14,16,22H,15H2,1-4H3,(H,26,30)(H,27,29). The molecule has 3 aromatic rings. The largest absolute Gasteiger partial charge is 0.496 e. The van der Waals surface area contributed by atoms with Crippen LogP contribution in [0.25, 0.3) is 0 Å². The number of benzene rings is 2. The molecular weight excluding hydrogens is 392 g/mol. The van der Waals surface area contributed by atoms with E-state index in [-0.39, 0.29) is 17.7 Å². The van der Waals surface area contributed by atoms with Crippen LogP contribution in [0.4, 0.5) is 5.69 Å². The molecular formula is C24H28N4O3. The van der Waals surface area contributed by atoms with Gasteiger partial charge in [-0.3, -0.25) is 9.59 Å². The Kier molecular flexibility index (Phi) is 7.07. The Morgan fingerprint density at radius 2 is 1.81 bits per heavy atom. The Balaban J connectivity index is 1.66. The zero-order valence-corrected chi connectivity index (χ0v) is 18.3. The molecule has 1 unspecified atom stereocenters. The molecule has 1 atom stereocenters. The number of aryl methyl sites for hydroxylation is 1. The minimum Gasteiger partial charge on any atom is -0.496 e. The molecule has 0 saturated carbocycles. The third-order valence-electron chi connectivity index (χ3n) is 5.09. The van der Waals surface area contributed by atoms with Crippen LogP contribution in [0.5, 0.6) is 5.75 Å². The Bertz CT molecular complexity index is 1040. The van der Waals surface area contributed by atoms with Crippen LogP contribution in [-0.4, -0.2) is 34.5 Å². The zero-order chi connectivity index (χ0) is 22.4. The monoisotopic (exact) mass is 420 g/mol. The van der Waals surface area contributed by atoms with Gasteiger partial charge in [0.25, 0.3) is 5.91 Å².